The fourth-order valence-electron chi connectivity index (χ4n) is 5.63. The second-order valence-corrected chi connectivity index (χ2v) is 9.67. The van der Waals surface area contributed by atoms with Gasteiger partial charge >= 0.3 is 18.3 Å². The van der Waals surface area contributed by atoms with Crippen molar-refractivity contribution in [2.75, 3.05) is 18.9 Å². The molecule has 1 aliphatic carbocycles. The maximum atomic E-state index is 13.9. The van der Waals surface area contributed by atoms with Crippen LogP contribution >= 0.6 is 0 Å². The molecular weight excluding hydrogens is 524 g/mol. The zero-order valence-electron chi connectivity index (χ0n) is 20.7. The highest BCUT2D eigenvalue weighted by atomic mass is 19.4. The molecule has 2 saturated heterocycles. The van der Waals surface area contributed by atoms with E-state index in [0.29, 0.717) is 38.6 Å². The van der Waals surface area contributed by atoms with Crippen LogP contribution in [0.4, 0.5) is 32.8 Å². The third-order valence-electron chi connectivity index (χ3n) is 7.44. The van der Waals surface area contributed by atoms with Crippen molar-refractivity contribution in [3.63, 3.8) is 0 Å². The van der Waals surface area contributed by atoms with Crippen LogP contribution in [0.1, 0.15) is 42.0 Å². The third-order valence-corrected chi connectivity index (χ3v) is 7.44. The fourth-order valence-corrected chi connectivity index (χ4v) is 5.63. The Hall–Kier alpha value is -4.16. The van der Waals surface area contributed by atoms with Crippen LogP contribution in [0.5, 0.6) is 0 Å². The molecule has 5 amide bonds. The van der Waals surface area contributed by atoms with Crippen LogP contribution in [0.3, 0.4) is 0 Å². The molecule has 0 radical (unpaired) electrons. The number of rotatable bonds is 4. The first kappa shape index (κ1) is 26.4. The molecule has 39 heavy (non-hydrogen) atoms. The highest BCUT2D eigenvalue weighted by Gasteiger charge is 2.59. The van der Waals surface area contributed by atoms with Crippen LogP contribution in [-0.4, -0.2) is 59.5 Å². The van der Waals surface area contributed by atoms with Crippen LogP contribution in [0.15, 0.2) is 42.5 Å². The molecule has 2 aromatic rings. The monoisotopic (exact) mass is 548 g/mol. The van der Waals surface area contributed by atoms with Gasteiger partial charge in [-0.15, -0.1) is 0 Å². The van der Waals surface area contributed by atoms with E-state index in [1.54, 1.807) is 6.07 Å². The van der Waals surface area contributed by atoms with Crippen molar-refractivity contribution in [2.45, 2.75) is 49.5 Å². The molecule has 206 valence electrons. The molecule has 9 nitrogen and oxygen atoms in total. The number of halogens is 4. The molecule has 2 N–H and O–H groups in total. The SMILES string of the molecule is CNC(=O)Nc1ccc2c(c1)CC[C@@]21OC(=O)N(CC(=O)N2[C@H](c3ccc(F)cc3)CC[C@@H]2C(F)(F)F)C1=O. The van der Waals surface area contributed by atoms with Gasteiger partial charge in [0, 0.05) is 24.7 Å². The lowest BCUT2D eigenvalue weighted by Crippen LogP contribution is -2.50. The van der Waals surface area contributed by atoms with Gasteiger partial charge in [0.05, 0.1) is 6.04 Å². The Morgan fingerprint density at radius 3 is 2.49 bits per heavy atom. The zero-order valence-corrected chi connectivity index (χ0v) is 20.7. The number of imide groups is 1. The lowest BCUT2D eigenvalue weighted by Gasteiger charge is -2.32. The Bertz CT molecular complexity index is 1350. The summed E-state index contributed by atoms with van der Waals surface area (Å²) in [5.74, 6) is -2.49. The minimum absolute atomic E-state index is 0.0241. The minimum Gasteiger partial charge on any atom is -0.427 e. The summed E-state index contributed by atoms with van der Waals surface area (Å²) in [4.78, 5) is 52.4. The van der Waals surface area contributed by atoms with Crippen molar-refractivity contribution in [1.29, 1.82) is 0 Å². The molecule has 1 spiro atoms. The molecule has 2 fully saturated rings. The van der Waals surface area contributed by atoms with Crippen LogP contribution < -0.4 is 10.6 Å². The van der Waals surface area contributed by atoms with Crippen molar-refractivity contribution in [1.82, 2.24) is 15.1 Å². The first-order valence-electron chi connectivity index (χ1n) is 12.2. The van der Waals surface area contributed by atoms with E-state index < -0.39 is 60.2 Å². The molecule has 13 heteroatoms. The summed E-state index contributed by atoms with van der Waals surface area (Å²) in [5, 5.41) is 5.02. The van der Waals surface area contributed by atoms with E-state index in [4.69, 9.17) is 4.74 Å². The minimum atomic E-state index is -4.74. The topological polar surface area (TPSA) is 108 Å². The van der Waals surface area contributed by atoms with Crippen molar-refractivity contribution >= 4 is 29.6 Å². The Labute approximate surface area is 220 Å². The number of benzene rings is 2. The first-order valence-corrected chi connectivity index (χ1v) is 12.2. The summed E-state index contributed by atoms with van der Waals surface area (Å²) in [6, 6.07) is 5.93. The van der Waals surface area contributed by atoms with Crippen molar-refractivity contribution in [3.8, 4) is 0 Å². The predicted octanol–water partition coefficient (Wildman–Crippen LogP) is 3.99. The Balaban J connectivity index is 1.39. The zero-order chi connectivity index (χ0) is 28.1. The van der Waals surface area contributed by atoms with Gasteiger partial charge in [0.1, 0.15) is 18.4 Å². The van der Waals surface area contributed by atoms with Crippen LogP contribution in [0.25, 0.3) is 0 Å². The van der Waals surface area contributed by atoms with E-state index >= 15 is 0 Å². The molecule has 0 saturated carbocycles. The number of urea groups is 1. The van der Waals surface area contributed by atoms with E-state index in [1.807, 2.05) is 0 Å². The van der Waals surface area contributed by atoms with E-state index in [0.717, 1.165) is 12.1 Å². The average molecular weight is 548 g/mol. The number of nitrogens with one attached hydrogen (secondary N) is 2. The fraction of sp³-hybridized carbons (Fsp3) is 0.385. The summed E-state index contributed by atoms with van der Waals surface area (Å²) in [6.07, 6.45) is -5.87. The highest BCUT2D eigenvalue weighted by Crippen LogP contribution is 2.47. The summed E-state index contributed by atoms with van der Waals surface area (Å²) in [6.45, 7) is -0.935. The summed E-state index contributed by atoms with van der Waals surface area (Å²) >= 11 is 0. The molecule has 5 rings (SSSR count). The molecule has 0 aromatic heterocycles. The molecule has 2 aromatic carbocycles. The number of nitrogens with zero attached hydrogens (tertiary/aromatic N) is 2. The maximum Gasteiger partial charge on any atom is 0.418 e. The van der Waals surface area contributed by atoms with Gasteiger partial charge in [-0.25, -0.2) is 18.9 Å². The average Bonchev–Trinajstić information content (AvgIpc) is 3.56. The Morgan fingerprint density at radius 1 is 1.10 bits per heavy atom. The van der Waals surface area contributed by atoms with Gasteiger partial charge in [-0.3, -0.25) is 9.59 Å². The number of alkyl halides is 3. The van der Waals surface area contributed by atoms with E-state index in [9.17, 15) is 36.7 Å². The van der Waals surface area contributed by atoms with E-state index in [-0.39, 0.29) is 19.3 Å². The predicted molar refractivity (Wildman–Crippen MR) is 128 cm³/mol. The molecule has 0 bridgehead atoms. The smallest absolute Gasteiger partial charge is 0.418 e. The number of ether oxygens (including phenoxy) is 1. The number of carbonyl (C=O) groups is 4. The third kappa shape index (κ3) is 4.55. The Morgan fingerprint density at radius 2 is 1.82 bits per heavy atom. The van der Waals surface area contributed by atoms with Gasteiger partial charge in [-0.1, -0.05) is 18.2 Å². The van der Waals surface area contributed by atoms with Crippen molar-refractivity contribution in [3.05, 3.63) is 65.0 Å². The number of anilines is 1. The van der Waals surface area contributed by atoms with Gasteiger partial charge in [0.15, 0.2) is 0 Å². The standard InChI is InChI=1S/C26H24F4N4O5/c1-31-23(37)32-17-6-7-18-15(12-17)10-11-25(18)22(36)33(24(38)39-25)13-21(35)34-19(8-9-20(34)26(28,29)30)14-2-4-16(27)5-3-14/h2-7,12,19-20H,8-11,13H2,1H3,(H2,31,32,37)/t19-,20+,25+/m0/s1. The summed E-state index contributed by atoms with van der Waals surface area (Å²) in [7, 11) is 1.45. The maximum absolute atomic E-state index is 13.9. The lowest BCUT2D eigenvalue weighted by molar-refractivity contribution is -0.186. The normalized spacial score (nSPS) is 24.2. The van der Waals surface area contributed by atoms with Gasteiger partial charge in [0.25, 0.3) is 5.91 Å². The van der Waals surface area contributed by atoms with Crippen molar-refractivity contribution < 1.29 is 41.5 Å². The van der Waals surface area contributed by atoms with Gasteiger partial charge in [0.2, 0.25) is 11.5 Å². The quantitative estimate of drug-likeness (QED) is 0.562. The molecule has 2 heterocycles. The first-order chi connectivity index (χ1) is 18.4. The van der Waals surface area contributed by atoms with Gasteiger partial charge < -0.3 is 20.3 Å². The van der Waals surface area contributed by atoms with Gasteiger partial charge in [-0.2, -0.15) is 13.2 Å². The number of hydrogen-bond acceptors (Lipinski definition) is 5. The molecule has 0 unspecified atom stereocenters. The number of aryl methyl sites for hydroxylation is 1. The number of likely N-dealkylation sites (tertiary alicyclic amines) is 1. The molecule has 3 atom stereocenters. The Kier molecular flexibility index (Phi) is 6.47. The van der Waals surface area contributed by atoms with Crippen LogP contribution in [-0.2, 0) is 26.3 Å². The largest absolute Gasteiger partial charge is 0.427 e. The second kappa shape index (κ2) is 9.54. The molecule has 2 aliphatic heterocycles. The van der Waals surface area contributed by atoms with Gasteiger partial charge in [-0.05, 0) is 54.7 Å². The molecule has 3 aliphatic rings. The van der Waals surface area contributed by atoms with Crippen molar-refractivity contribution in [2.24, 2.45) is 0 Å². The number of fused-ring (bicyclic) bond motifs is 2. The number of amides is 5. The summed E-state index contributed by atoms with van der Waals surface area (Å²) < 4.78 is 60.5. The van der Waals surface area contributed by atoms with E-state index in [1.165, 1.54) is 31.3 Å². The number of carbonyl (C=O) groups excluding carboxylic acids is 4. The summed E-state index contributed by atoms with van der Waals surface area (Å²) in [5.41, 5.74) is 0.0912. The lowest BCUT2D eigenvalue weighted by atomic mass is 9.94. The number of hydrogen-bond donors (Lipinski definition) is 2. The second-order valence-electron chi connectivity index (χ2n) is 9.67. The van der Waals surface area contributed by atoms with Crippen LogP contribution in [0, 0.1) is 5.82 Å². The molecular formula is C26H24F4N4O5. The van der Waals surface area contributed by atoms with E-state index in [2.05, 4.69) is 10.6 Å². The highest BCUT2D eigenvalue weighted by molar-refractivity contribution is 6.06. The van der Waals surface area contributed by atoms with Crippen LogP contribution in [0.2, 0.25) is 0 Å².